The van der Waals surface area contributed by atoms with Gasteiger partial charge in [-0.05, 0) is 35.4 Å². The minimum Gasteiger partial charge on any atom is -0.374 e. The summed E-state index contributed by atoms with van der Waals surface area (Å²) in [7, 11) is 2.00. The summed E-state index contributed by atoms with van der Waals surface area (Å²) in [5.41, 5.74) is 3.46. The molecule has 2 nitrogen and oxygen atoms in total. The van der Waals surface area contributed by atoms with Crippen LogP contribution in [0.4, 0.5) is 5.69 Å². The maximum atomic E-state index is 8.61. The molecule has 0 N–H and O–H groups in total. The van der Waals surface area contributed by atoms with Crippen molar-refractivity contribution >= 4 is 33.8 Å². The third-order valence-corrected chi connectivity index (χ3v) is 3.70. The molecule has 2 aromatic carbocycles. The number of halogens is 1. The molecule has 0 spiro atoms. The van der Waals surface area contributed by atoms with Gasteiger partial charge < -0.3 is 4.90 Å². The van der Waals surface area contributed by atoms with E-state index < -0.39 is 0 Å². The van der Waals surface area contributed by atoms with Crippen LogP contribution >= 0.6 is 15.9 Å². The molecule has 2 aromatic rings. The molecule has 0 saturated heterocycles. The number of benzene rings is 2. The molecular formula is C18H17BrN2. The predicted octanol–water partition coefficient (Wildman–Crippen LogP) is 4.97. The zero-order valence-electron chi connectivity index (χ0n) is 12.0. The normalized spacial score (nSPS) is 10.5. The first-order valence-corrected chi connectivity index (χ1v) is 7.60. The maximum absolute atomic E-state index is 8.61. The van der Waals surface area contributed by atoms with Crippen molar-refractivity contribution in [1.82, 2.24) is 0 Å². The SMILES string of the molecule is CN(CCC#N)c1ccc(C=Cc2cccc(Br)c2)cc1. The van der Waals surface area contributed by atoms with E-state index in [0.717, 1.165) is 22.3 Å². The maximum Gasteiger partial charge on any atom is 0.0640 e. The van der Waals surface area contributed by atoms with Gasteiger partial charge in [-0.15, -0.1) is 0 Å². The lowest BCUT2D eigenvalue weighted by Gasteiger charge is -2.17. The van der Waals surface area contributed by atoms with E-state index in [9.17, 15) is 0 Å². The van der Waals surface area contributed by atoms with E-state index in [1.807, 2.05) is 19.2 Å². The highest BCUT2D eigenvalue weighted by Crippen LogP contribution is 2.17. The molecule has 0 radical (unpaired) electrons. The van der Waals surface area contributed by atoms with E-state index in [0.29, 0.717) is 6.42 Å². The van der Waals surface area contributed by atoms with E-state index in [1.54, 1.807) is 0 Å². The summed E-state index contributed by atoms with van der Waals surface area (Å²) in [5.74, 6) is 0. The van der Waals surface area contributed by atoms with Crippen molar-refractivity contribution in [3.63, 3.8) is 0 Å². The Balaban J connectivity index is 2.04. The molecule has 0 amide bonds. The Kier molecular flexibility index (Phi) is 5.59. The van der Waals surface area contributed by atoms with Crippen LogP contribution in [0.15, 0.2) is 53.0 Å². The largest absolute Gasteiger partial charge is 0.374 e. The Labute approximate surface area is 134 Å². The number of hydrogen-bond donors (Lipinski definition) is 0. The van der Waals surface area contributed by atoms with E-state index in [4.69, 9.17) is 5.26 Å². The molecule has 2 rings (SSSR count). The molecule has 0 aliphatic carbocycles. The zero-order valence-corrected chi connectivity index (χ0v) is 13.5. The van der Waals surface area contributed by atoms with Crippen molar-refractivity contribution in [3.8, 4) is 6.07 Å². The zero-order chi connectivity index (χ0) is 15.1. The number of nitriles is 1. The van der Waals surface area contributed by atoms with Crippen molar-refractivity contribution < 1.29 is 0 Å². The number of anilines is 1. The van der Waals surface area contributed by atoms with Gasteiger partial charge in [-0.3, -0.25) is 0 Å². The number of hydrogen-bond acceptors (Lipinski definition) is 2. The van der Waals surface area contributed by atoms with Gasteiger partial charge in [0.2, 0.25) is 0 Å². The fourth-order valence-corrected chi connectivity index (χ4v) is 2.41. The van der Waals surface area contributed by atoms with Crippen molar-refractivity contribution in [1.29, 1.82) is 5.26 Å². The van der Waals surface area contributed by atoms with Gasteiger partial charge in [0.15, 0.2) is 0 Å². The lowest BCUT2D eigenvalue weighted by molar-refractivity contribution is 0.905. The summed E-state index contributed by atoms with van der Waals surface area (Å²) in [5, 5.41) is 8.61. The van der Waals surface area contributed by atoms with Gasteiger partial charge in [-0.2, -0.15) is 5.26 Å². The third-order valence-electron chi connectivity index (χ3n) is 3.21. The first-order chi connectivity index (χ1) is 10.2. The molecule has 3 heteroatoms. The number of nitrogens with zero attached hydrogens (tertiary/aromatic N) is 2. The highest BCUT2D eigenvalue weighted by Gasteiger charge is 1.99. The van der Waals surface area contributed by atoms with Crippen LogP contribution in [0.3, 0.4) is 0 Å². The monoisotopic (exact) mass is 340 g/mol. The summed E-state index contributed by atoms with van der Waals surface area (Å²) < 4.78 is 1.08. The van der Waals surface area contributed by atoms with Crippen LogP contribution in [0.5, 0.6) is 0 Å². The molecule has 0 aliphatic heterocycles. The van der Waals surface area contributed by atoms with Gasteiger partial charge in [0.1, 0.15) is 0 Å². The van der Waals surface area contributed by atoms with Gasteiger partial charge in [-0.1, -0.05) is 52.3 Å². The highest BCUT2D eigenvalue weighted by atomic mass is 79.9. The molecular weight excluding hydrogens is 324 g/mol. The van der Waals surface area contributed by atoms with E-state index in [1.165, 1.54) is 5.56 Å². The Morgan fingerprint density at radius 3 is 2.48 bits per heavy atom. The Morgan fingerprint density at radius 1 is 1.10 bits per heavy atom. The van der Waals surface area contributed by atoms with Crippen molar-refractivity contribution in [3.05, 3.63) is 64.1 Å². The van der Waals surface area contributed by atoms with Crippen LogP contribution in [0.2, 0.25) is 0 Å². The van der Waals surface area contributed by atoms with E-state index in [-0.39, 0.29) is 0 Å². The van der Waals surface area contributed by atoms with Gasteiger partial charge in [0.25, 0.3) is 0 Å². The first kappa shape index (κ1) is 15.3. The molecule has 0 bridgehead atoms. The smallest absolute Gasteiger partial charge is 0.0640 e. The summed E-state index contributed by atoms with van der Waals surface area (Å²) in [6.45, 7) is 0.754. The lowest BCUT2D eigenvalue weighted by atomic mass is 10.1. The topological polar surface area (TPSA) is 27.0 Å². The first-order valence-electron chi connectivity index (χ1n) is 6.81. The van der Waals surface area contributed by atoms with Gasteiger partial charge in [0.05, 0.1) is 12.5 Å². The molecule has 0 atom stereocenters. The van der Waals surface area contributed by atoms with Crippen molar-refractivity contribution in [2.24, 2.45) is 0 Å². The number of rotatable bonds is 5. The third kappa shape index (κ3) is 4.77. The van der Waals surface area contributed by atoms with E-state index in [2.05, 4.69) is 75.4 Å². The van der Waals surface area contributed by atoms with Crippen LogP contribution in [0.1, 0.15) is 17.5 Å². The second kappa shape index (κ2) is 7.66. The fourth-order valence-electron chi connectivity index (χ4n) is 1.99. The molecule has 0 fully saturated rings. The molecule has 0 aliphatic rings. The quantitative estimate of drug-likeness (QED) is 0.718. The minimum absolute atomic E-state index is 0.543. The second-order valence-electron chi connectivity index (χ2n) is 4.81. The fraction of sp³-hybridized carbons (Fsp3) is 0.167. The molecule has 0 unspecified atom stereocenters. The molecule has 0 saturated carbocycles. The van der Waals surface area contributed by atoms with Gasteiger partial charge >= 0.3 is 0 Å². The van der Waals surface area contributed by atoms with Crippen LogP contribution in [0.25, 0.3) is 12.2 Å². The van der Waals surface area contributed by atoms with Crippen LogP contribution in [-0.2, 0) is 0 Å². The summed E-state index contributed by atoms with van der Waals surface area (Å²) >= 11 is 3.47. The molecule has 0 heterocycles. The molecule has 106 valence electrons. The van der Waals surface area contributed by atoms with Crippen molar-refractivity contribution in [2.45, 2.75) is 6.42 Å². The van der Waals surface area contributed by atoms with Crippen LogP contribution in [-0.4, -0.2) is 13.6 Å². The predicted molar refractivity (Wildman–Crippen MR) is 93.0 cm³/mol. The van der Waals surface area contributed by atoms with Crippen LogP contribution in [0, 0.1) is 11.3 Å². The Bertz CT molecular complexity index is 654. The standard InChI is InChI=1S/C18H17BrN2/c1-21(13-3-12-20)18-10-8-15(9-11-18)6-7-16-4-2-5-17(19)14-16/h2,4-11,14H,3,13H2,1H3. The van der Waals surface area contributed by atoms with Crippen LogP contribution < -0.4 is 4.90 Å². The Morgan fingerprint density at radius 2 is 1.81 bits per heavy atom. The Hall–Kier alpha value is -2.05. The minimum atomic E-state index is 0.543. The van der Waals surface area contributed by atoms with Gasteiger partial charge in [0, 0.05) is 23.8 Å². The summed E-state index contributed by atoms with van der Waals surface area (Å²) in [4.78, 5) is 2.09. The van der Waals surface area contributed by atoms with E-state index >= 15 is 0 Å². The molecule has 21 heavy (non-hydrogen) atoms. The molecule has 0 aromatic heterocycles. The highest BCUT2D eigenvalue weighted by molar-refractivity contribution is 9.10. The summed E-state index contributed by atoms with van der Waals surface area (Å²) in [6, 6.07) is 18.7. The van der Waals surface area contributed by atoms with Gasteiger partial charge in [-0.25, -0.2) is 0 Å². The summed E-state index contributed by atoms with van der Waals surface area (Å²) in [6.07, 6.45) is 4.74. The second-order valence-corrected chi connectivity index (χ2v) is 5.73. The van der Waals surface area contributed by atoms with Crippen molar-refractivity contribution in [2.75, 3.05) is 18.5 Å². The average Bonchev–Trinajstić information content (AvgIpc) is 2.51. The average molecular weight is 341 g/mol. The lowest BCUT2D eigenvalue weighted by Crippen LogP contribution is -2.17.